The molecule has 0 amide bonds. The predicted octanol–water partition coefficient (Wildman–Crippen LogP) is 14.8. The van der Waals surface area contributed by atoms with E-state index in [9.17, 15) is 24.7 Å². The molecule has 0 aliphatic rings. The lowest BCUT2D eigenvalue weighted by atomic mass is 9.99. The van der Waals surface area contributed by atoms with Crippen molar-refractivity contribution in [2.75, 3.05) is 0 Å². The zero-order valence-corrected chi connectivity index (χ0v) is 28.3. The first-order valence-corrected chi connectivity index (χ1v) is 16.7. The third-order valence-electron chi connectivity index (χ3n) is 9.23. The second-order valence-electron chi connectivity index (χ2n) is 12.3. The molecule has 0 fully saturated rings. The second-order valence-corrected chi connectivity index (χ2v) is 12.3. The quantitative estimate of drug-likeness (QED) is 0.171. The van der Waals surface area contributed by atoms with Crippen LogP contribution in [-0.2, 0) is 0 Å². The van der Waals surface area contributed by atoms with Crippen LogP contribution in [0.15, 0.2) is 210 Å². The van der Waals surface area contributed by atoms with Crippen LogP contribution in [0.25, 0.3) is 110 Å². The Kier molecular flexibility index (Phi) is 2.84. The van der Waals surface area contributed by atoms with Crippen LogP contribution in [0.3, 0.4) is 0 Å². The molecule has 3 aromatic heterocycles. The van der Waals surface area contributed by atoms with Crippen molar-refractivity contribution in [3.8, 4) is 44.8 Å². The third-order valence-corrected chi connectivity index (χ3v) is 9.23. The van der Waals surface area contributed by atoms with Crippen molar-refractivity contribution in [3.63, 3.8) is 0 Å². The molecule has 266 valence electrons. The molecule has 3 heterocycles. The minimum atomic E-state index is -1.17. The van der Waals surface area contributed by atoms with Crippen LogP contribution >= 0.6 is 0 Å². The summed E-state index contributed by atoms with van der Waals surface area (Å²) < 4.78 is 316. The van der Waals surface area contributed by atoms with Crippen LogP contribution in [0.5, 0.6) is 0 Å². The van der Waals surface area contributed by atoms with Crippen molar-refractivity contribution < 1.29 is 51.0 Å². The number of hydrogen-bond donors (Lipinski definition) is 0. The van der Waals surface area contributed by atoms with Gasteiger partial charge in [0, 0.05) is 43.6 Å². The molecule has 3 heteroatoms. The van der Waals surface area contributed by atoms with Gasteiger partial charge in [-0.15, -0.1) is 0 Å². The number of hydrogen-bond acceptors (Lipinski definition) is 1. The SMILES string of the molecule is [2H]c1c([2H])c([2H])c(-c2c([2H])c([2H])c(-n3c4c([2H])c([2H])c([2H])c([2H])c4c4c([2H])c(-c5c([2H])c([2H])c6c(c5[2H])c5c([2H])c([2H])c([2H])c([2H])c5n6-c5c([2H])c([2H])c6c(oc7c([2H])c([2H])c([2H])c([2H])c76)c5-c5c([2H])c([2H])c([2H])c([2H])c5[2H])c([2H])c([2H])c43)c([2H])c2[2H])c([2H])c1[2H]. The summed E-state index contributed by atoms with van der Waals surface area (Å²) in [5.74, 6) is 0. The molecule has 0 bridgehead atoms. The van der Waals surface area contributed by atoms with Crippen LogP contribution in [0.2, 0.25) is 0 Å². The van der Waals surface area contributed by atoms with Gasteiger partial charge in [-0.05, 0) is 94.3 Å². The maximum atomic E-state index is 10.1. The lowest BCUT2D eigenvalue weighted by Gasteiger charge is -2.15. The summed E-state index contributed by atoms with van der Waals surface area (Å²) in [6.45, 7) is 0. The van der Waals surface area contributed by atoms with E-state index in [0.717, 1.165) is 0 Å². The number of nitrogens with zero attached hydrogens (tertiary/aromatic N) is 2. The molecule has 0 aliphatic heterocycles. The summed E-state index contributed by atoms with van der Waals surface area (Å²) >= 11 is 0. The van der Waals surface area contributed by atoms with Gasteiger partial charge >= 0.3 is 0 Å². The van der Waals surface area contributed by atoms with Crippen molar-refractivity contribution in [3.05, 3.63) is 205 Å². The van der Waals surface area contributed by atoms with Gasteiger partial charge in [-0.25, -0.2) is 0 Å². The molecule has 0 atom stereocenters. The van der Waals surface area contributed by atoms with Crippen molar-refractivity contribution in [2.45, 2.75) is 0 Å². The fraction of sp³-hybridized carbons (Fsp3) is 0. The predicted molar refractivity (Wildman–Crippen MR) is 239 cm³/mol. The highest BCUT2D eigenvalue weighted by Crippen LogP contribution is 2.44. The van der Waals surface area contributed by atoms with Gasteiger partial charge in [-0.1, -0.05) is 139 Å². The molecule has 0 saturated carbocycles. The maximum absolute atomic E-state index is 10.1. The molecule has 0 aliphatic carbocycles. The van der Waals surface area contributed by atoms with Gasteiger partial charge in [-0.2, -0.15) is 0 Å². The van der Waals surface area contributed by atoms with E-state index in [1.807, 2.05) is 0 Å². The third kappa shape index (κ3) is 4.86. The summed E-state index contributed by atoms with van der Waals surface area (Å²) in [4.78, 5) is 0. The molecular weight excluding hydrogens is 693 g/mol. The van der Waals surface area contributed by atoms with E-state index in [1.54, 1.807) is 0 Å². The van der Waals surface area contributed by atoms with Crippen LogP contribution in [0, 0.1) is 0 Å². The van der Waals surface area contributed by atoms with Crippen LogP contribution in [-0.4, -0.2) is 9.13 Å². The Morgan fingerprint density at radius 2 is 0.825 bits per heavy atom. The Labute approximate surface area is 376 Å². The first-order chi connectivity index (χ1) is 42.4. The fourth-order valence-electron chi connectivity index (χ4n) is 6.83. The van der Waals surface area contributed by atoms with E-state index in [2.05, 4.69) is 0 Å². The van der Waals surface area contributed by atoms with Crippen molar-refractivity contribution >= 4 is 65.6 Å². The van der Waals surface area contributed by atoms with Crippen molar-refractivity contribution in [1.82, 2.24) is 9.13 Å². The van der Waals surface area contributed by atoms with Gasteiger partial charge in [0.15, 0.2) is 0 Å². The Balaban J connectivity index is 1.27. The van der Waals surface area contributed by atoms with Gasteiger partial charge in [-0.3, -0.25) is 0 Å². The van der Waals surface area contributed by atoms with Gasteiger partial charge in [0.25, 0.3) is 0 Å². The van der Waals surface area contributed by atoms with Crippen LogP contribution in [0.1, 0.15) is 46.6 Å². The van der Waals surface area contributed by atoms with Gasteiger partial charge < -0.3 is 13.6 Å². The number of fused-ring (bicyclic) bond motifs is 9. The fourth-order valence-corrected chi connectivity index (χ4v) is 6.83. The van der Waals surface area contributed by atoms with E-state index < -0.39 is 316 Å². The minimum Gasteiger partial charge on any atom is -0.455 e. The van der Waals surface area contributed by atoms with Gasteiger partial charge in [0.1, 0.15) is 11.2 Å². The maximum Gasteiger partial charge on any atom is 0.145 e. The second kappa shape index (κ2) is 12.5. The van der Waals surface area contributed by atoms with E-state index in [1.165, 1.54) is 0 Å². The lowest BCUT2D eigenvalue weighted by molar-refractivity contribution is 0.670. The highest BCUT2D eigenvalue weighted by atomic mass is 16.3. The Morgan fingerprint density at radius 1 is 0.333 bits per heavy atom. The topological polar surface area (TPSA) is 23.0 Å². The largest absolute Gasteiger partial charge is 0.455 e. The average Bonchev–Trinajstić information content (AvgIpc) is 1.57. The summed E-state index contributed by atoms with van der Waals surface area (Å²) in [5, 5.41) is -3.94. The van der Waals surface area contributed by atoms with E-state index in [-0.39, 0.29) is 0 Å². The van der Waals surface area contributed by atoms with Crippen LogP contribution < -0.4 is 0 Å². The van der Waals surface area contributed by atoms with Crippen LogP contribution in [0.4, 0.5) is 0 Å². The molecular formula is C54H34N2O. The molecule has 12 rings (SSSR count). The average molecular weight is 761 g/mol. The molecule has 12 aromatic rings. The molecule has 0 radical (unpaired) electrons. The zero-order chi connectivity index (χ0) is 67.0. The van der Waals surface area contributed by atoms with Gasteiger partial charge in [0.2, 0.25) is 0 Å². The first-order valence-electron chi connectivity index (χ1n) is 33.7. The number of furan rings is 1. The zero-order valence-electron chi connectivity index (χ0n) is 62.3. The molecule has 0 spiro atoms. The lowest BCUT2D eigenvalue weighted by Crippen LogP contribution is -1.97. The minimum absolute atomic E-state index is 0.508. The number of rotatable bonds is 5. The Bertz CT molecular complexity index is 5440. The Hall–Kier alpha value is -7.62. The van der Waals surface area contributed by atoms with Gasteiger partial charge in [0.05, 0.1) is 74.4 Å². The normalized spacial score (nSPS) is 20.2. The Morgan fingerprint density at radius 3 is 1.49 bits per heavy atom. The first kappa shape index (κ1) is 13.0. The summed E-state index contributed by atoms with van der Waals surface area (Å²) in [6, 6.07) is -33.6. The summed E-state index contributed by atoms with van der Waals surface area (Å²) in [6.07, 6.45) is 0. The monoisotopic (exact) mass is 760 g/mol. The number of para-hydroxylation sites is 3. The smallest absolute Gasteiger partial charge is 0.145 e. The van der Waals surface area contributed by atoms with Crippen molar-refractivity contribution in [2.24, 2.45) is 0 Å². The van der Waals surface area contributed by atoms with Crippen molar-refractivity contribution in [1.29, 1.82) is 0 Å². The molecule has 3 nitrogen and oxygen atoms in total. The summed E-state index contributed by atoms with van der Waals surface area (Å²) in [7, 11) is 0. The molecule has 57 heavy (non-hydrogen) atoms. The number of benzene rings is 9. The molecule has 0 unspecified atom stereocenters. The molecule has 0 saturated heterocycles. The van der Waals surface area contributed by atoms with E-state index in [0.29, 0.717) is 9.13 Å². The highest BCUT2D eigenvalue weighted by Gasteiger charge is 2.21. The number of aromatic nitrogens is 2. The standard InChI is InChI=1S/C54H34N2O/c1-3-13-35(14-4-1)36-23-27-40(28-24-36)55-47-20-10-7-17-41(47)45-33-38(25-30-49(45)55)39-26-31-50-46(34-39)42-18-8-11-21-48(42)56(50)51-32-29-44-43-19-9-12-22-52(43)57-54(44)53(51)37-15-5-2-6-16-37/h1-34H/i1D,2D,3D,4D,5D,6D,7D,8D,9D,10D,11D,12D,13D,14D,15D,16D,17D,18D,19D,20D,21D,22D,23D,24D,25D,26D,27D,28D,29D,30D,31D,32D,33D,34D. The molecule has 0 N–H and O–H groups in total. The molecule has 9 aromatic carbocycles. The summed E-state index contributed by atoms with van der Waals surface area (Å²) in [5.41, 5.74) is -11.3. The van der Waals surface area contributed by atoms with E-state index in [4.69, 9.17) is 26.3 Å². The van der Waals surface area contributed by atoms with E-state index >= 15 is 0 Å². The highest BCUT2D eigenvalue weighted by molar-refractivity contribution is 6.15.